The summed E-state index contributed by atoms with van der Waals surface area (Å²) >= 11 is 0. The molecule has 0 spiro atoms. The molecule has 0 aliphatic heterocycles. The highest BCUT2D eigenvalue weighted by molar-refractivity contribution is 7.87. The number of methoxy groups -OCH3 is 1. The van der Waals surface area contributed by atoms with E-state index >= 15 is 0 Å². The molecule has 1 amide bonds. The van der Waals surface area contributed by atoms with Gasteiger partial charge in [-0.25, -0.2) is 0 Å². The number of ether oxygens (including phenoxy) is 1. The van der Waals surface area contributed by atoms with E-state index in [0.717, 1.165) is 12.0 Å². The maximum atomic E-state index is 13.1. The number of amides is 1. The topological polar surface area (TPSA) is 72.9 Å². The quantitative estimate of drug-likeness (QED) is 0.592. The third-order valence-electron chi connectivity index (χ3n) is 4.53. The summed E-state index contributed by atoms with van der Waals surface area (Å²) in [5.74, 6) is 0.651. The minimum Gasteiger partial charge on any atom is -0.497 e. The van der Waals surface area contributed by atoms with Gasteiger partial charge in [-0.1, -0.05) is 25.1 Å². The van der Waals surface area contributed by atoms with Crippen LogP contribution in [0.2, 0.25) is 0 Å². The third kappa shape index (κ3) is 5.73. The zero-order valence-electron chi connectivity index (χ0n) is 16.7. The van der Waals surface area contributed by atoms with Gasteiger partial charge in [-0.05, 0) is 56.2 Å². The lowest BCUT2D eigenvalue weighted by molar-refractivity contribution is 0.0671. The van der Waals surface area contributed by atoms with E-state index in [1.165, 1.54) is 6.92 Å². The monoisotopic (exact) mass is 405 g/mol. The van der Waals surface area contributed by atoms with Gasteiger partial charge in [0.1, 0.15) is 11.5 Å². The lowest BCUT2D eigenvalue weighted by Gasteiger charge is -2.29. The molecule has 2 aromatic rings. The Kier molecular flexibility index (Phi) is 7.45. The summed E-state index contributed by atoms with van der Waals surface area (Å²) in [5, 5.41) is 0. The fraction of sp³-hybridized carbons (Fsp3) is 0.381. The van der Waals surface area contributed by atoms with Gasteiger partial charge < -0.3 is 13.8 Å². The molecule has 0 aromatic heterocycles. The molecule has 6 nitrogen and oxygen atoms in total. The molecule has 0 heterocycles. The van der Waals surface area contributed by atoms with Gasteiger partial charge in [0.05, 0.1) is 12.9 Å². The predicted molar refractivity (Wildman–Crippen MR) is 109 cm³/mol. The van der Waals surface area contributed by atoms with Crippen molar-refractivity contribution in [3.05, 3.63) is 59.7 Å². The smallest absolute Gasteiger partial charge is 0.308 e. The van der Waals surface area contributed by atoms with Crippen LogP contribution in [0.3, 0.4) is 0 Å². The van der Waals surface area contributed by atoms with Gasteiger partial charge in [-0.15, -0.1) is 0 Å². The Morgan fingerprint density at radius 3 is 2.39 bits per heavy atom. The number of rotatable bonds is 9. The second-order valence-corrected chi connectivity index (χ2v) is 8.36. The number of carbonyl (C=O) groups excluding carboxylic acids is 1. The molecule has 0 aliphatic carbocycles. The summed E-state index contributed by atoms with van der Waals surface area (Å²) in [6.45, 7) is 5.87. The third-order valence-corrected chi connectivity index (χ3v) is 5.68. The average molecular weight is 406 g/mol. The zero-order valence-corrected chi connectivity index (χ0v) is 17.5. The van der Waals surface area contributed by atoms with Crippen molar-refractivity contribution in [1.29, 1.82) is 0 Å². The second kappa shape index (κ2) is 9.59. The van der Waals surface area contributed by atoms with E-state index in [0.29, 0.717) is 17.9 Å². The fourth-order valence-corrected chi connectivity index (χ4v) is 3.18. The van der Waals surface area contributed by atoms with Crippen molar-refractivity contribution >= 4 is 16.0 Å². The van der Waals surface area contributed by atoms with Crippen LogP contribution in [0.5, 0.6) is 11.5 Å². The summed E-state index contributed by atoms with van der Waals surface area (Å²) < 4.78 is 33.7. The van der Waals surface area contributed by atoms with E-state index in [2.05, 4.69) is 0 Å². The van der Waals surface area contributed by atoms with Crippen molar-refractivity contribution < 1.29 is 22.1 Å². The van der Waals surface area contributed by atoms with Crippen LogP contribution in [-0.4, -0.2) is 38.1 Å². The van der Waals surface area contributed by atoms with Crippen molar-refractivity contribution in [2.45, 2.75) is 39.8 Å². The Morgan fingerprint density at radius 2 is 1.75 bits per heavy atom. The van der Waals surface area contributed by atoms with Crippen LogP contribution in [-0.2, 0) is 16.7 Å². The lowest BCUT2D eigenvalue weighted by Crippen LogP contribution is -2.37. The molecule has 0 N–H and O–H groups in total. The molecule has 28 heavy (non-hydrogen) atoms. The Bertz CT molecular complexity index is 911. The largest absolute Gasteiger partial charge is 0.497 e. The number of carbonyl (C=O) groups is 1. The van der Waals surface area contributed by atoms with E-state index in [9.17, 15) is 13.2 Å². The van der Waals surface area contributed by atoms with Crippen LogP contribution in [0.15, 0.2) is 48.5 Å². The molecule has 0 bridgehead atoms. The van der Waals surface area contributed by atoms with E-state index in [1.54, 1.807) is 54.5 Å². The summed E-state index contributed by atoms with van der Waals surface area (Å²) in [4.78, 5) is 14.9. The van der Waals surface area contributed by atoms with Crippen molar-refractivity contribution in [2.24, 2.45) is 0 Å². The van der Waals surface area contributed by atoms with Crippen LogP contribution in [0.1, 0.15) is 43.1 Å². The molecule has 7 heteroatoms. The zero-order chi connectivity index (χ0) is 20.7. The first-order valence-corrected chi connectivity index (χ1v) is 10.8. The maximum Gasteiger partial charge on any atom is 0.308 e. The highest BCUT2D eigenvalue weighted by atomic mass is 32.2. The molecule has 0 saturated carbocycles. The number of nitrogens with zero attached hydrogens (tertiary/aromatic N) is 1. The molecular formula is C21H27NO5S. The minimum atomic E-state index is -3.60. The predicted octanol–water partition coefficient (Wildman–Crippen LogP) is 3.86. The normalized spacial score (nSPS) is 12.3. The average Bonchev–Trinajstić information content (AvgIpc) is 2.71. The summed E-state index contributed by atoms with van der Waals surface area (Å²) in [7, 11) is -2.04. The van der Waals surface area contributed by atoms with E-state index in [1.807, 2.05) is 19.9 Å². The van der Waals surface area contributed by atoms with Crippen molar-refractivity contribution in [1.82, 2.24) is 4.90 Å². The number of hydrogen-bond acceptors (Lipinski definition) is 5. The van der Waals surface area contributed by atoms with Gasteiger partial charge in [-0.3, -0.25) is 4.79 Å². The van der Waals surface area contributed by atoms with E-state index in [4.69, 9.17) is 8.92 Å². The van der Waals surface area contributed by atoms with Crippen molar-refractivity contribution in [3.63, 3.8) is 0 Å². The van der Waals surface area contributed by atoms with Gasteiger partial charge in [0.15, 0.2) is 0 Å². The Morgan fingerprint density at radius 1 is 1.07 bits per heavy atom. The Hall–Kier alpha value is -2.54. The Labute approximate surface area is 167 Å². The van der Waals surface area contributed by atoms with Crippen LogP contribution < -0.4 is 8.92 Å². The molecule has 1 atom stereocenters. The SMILES string of the molecule is CC[C@@H](C)N(Cc1cccc(OS(=O)(=O)CC)c1)C(=O)c1cccc(OC)c1. The second-order valence-electron chi connectivity index (χ2n) is 6.50. The first kappa shape index (κ1) is 21.8. The van der Waals surface area contributed by atoms with Gasteiger partial charge >= 0.3 is 10.1 Å². The number of benzene rings is 2. The highest BCUT2D eigenvalue weighted by Gasteiger charge is 2.21. The summed E-state index contributed by atoms with van der Waals surface area (Å²) in [5.41, 5.74) is 1.33. The Balaban J connectivity index is 2.28. The molecule has 2 aromatic carbocycles. The lowest BCUT2D eigenvalue weighted by atomic mass is 10.1. The first-order valence-electron chi connectivity index (χ1n) is 9.25. The molecule has 0 aliphatic rings. The maximum absolute atomic E-state index is 13.1. The number of hydrogen-bond donors (Lipinski definition) is 0. The van der Waals surface area contributed by atoms with Crippen LogP contribution >= 0.6 is 0 Å². The summed E-state index contributed by atoms with van der Waals surface area (Å²) in [6.07, 6.45) is 0.788. The molecule has 0 unspecified atom stereocenters. The molecule has 2 rings (SSSR count). The highest BCUT2D eigenvalue weighted by Crippen LogP contribution is 2.21. The van der Waals surface area contributed by atoms with E-state index < -0.39 is 10.1 Å². The van der Waals surface area contributed by atoms with Gasteiger partial charge in [-0.2, -0.15) is 8.42 Å². The molecule has 0 radical (unpaired) electrons. The van der Waals surface area contributed by atoms with Crippen LogP contribution in [0.4, 0.5) is 0 Å². The standard InChI is InChI=1S/C21H27NO5S/c1-5-16(3)22(21(23)18-10-8-11-19(14-18)26-4)15-17-9-7-12-20(13-17)27-28(24,25)6-2/h7-14,16H,5-6,15H2,1-4H3/t16-/m1/s1. The van der Waals surface area contributed by atoms with E-state index in [-0.39, 0.29) is 23.5 Å². The summed E-state index contributed by atoms with van der Waals surface area (Å²) in [6, 6.07) is 13.9. The van der Waals surface area contributed by atoms with Gasteiger partial charge in [0.25, 0.3) is 5.91 Å². The van der Waals surface area contributed by atoms with Gasteiger partial charge in [0, 0.05) is 18.2 Å². The van der Waals surface area contributed by atoms with Crippen molar-refractivity contribution in [3.8, 4) is 11.5 Å². The minimum absolute atomic E-state index is 0.00245. The molecule has 0 fully saturated rings. The van der Waals surface area contributed by atoms with Crippen LogP contribution in [0, 0.1) is 0 Å². The molecule has 0 saturated heterocycles. The van der Waals surface area contributed by atoms with Crippen LogP contribution in [0.25, 0.3) is 0 Å². The van der Waals surface area contributed by atoms with Crippen molar-refractivity contribution in [2.75, 3.05) is 12.9 Å². The first-order chi connectivity index (χ1) is 13.3. The molecular weight excluding hydrogens is 378 g/mol. The fourth-order valence-electron chi connectivity index (χ4n) is 2.67. The molecule has 152 valence electrons. The van der Waals surface area contributed by atoms with Gasteiger partial charge in [0.2, 0.25) is 0 Å².